The van der Waals surface area contributed by atoms with Gasteiger partial charge in [0.25, 0.3) is 17.3 Å². The molecule has 0 aliphatic carbocycles. The van der Waals surface area contributed by atoms with Crippen molar-refractivity contribution < 1.29 is 19.4 Å². The van der Waals surface area contributed by atoms with Crippen LogP contribution in [0, 0.1) is 20.2 Å². The Bertz CT molecular complexity index is 839. The molecule has 0 atom stereocenters. The van der Waals surface area contributed by atoms with Crippen LogP contribution in [0.5, 0.6) is 5.75 Å². The molecule has 0 radical (unpaired) electrons. The van der Waals surface area contributed by atoms with Gasteiger partial charge in [0.05, 0.1) is 23.0 Å². The molecule has 0 aromatic heterocycles. The second-order valence-electron chi connectivity index (χ2n) is 4.51. The van der Waals surface area contributed by atoms with E-state index < -0.39 is 27.1 Å². The molecule has 0 heterocycles. The number of hydrogen-bond donors (Lipinski definition) is 1. The summed E-state index contributed by atoms with van der Waals surface area (Å²) in [6, 6.07) is 7.33. The minimum absolute atomic E-state index is 0.0914. The van der Waals surface area contributed by atoms with E-state index in [1.165, 1.54) is 31.4 Å². The van der Waals surface area contributed by atoms with Gasteiger partial charge < -0.3 is 10.1 Å². The molecule has 0 bridgehead atoms. The Morgan fingerprint density at radius 3 is 2.33 bits per heavy atom. The monoisotopic (exact) mass is 351 g/mol. The molecule has 124 valence electrons. The van der Waals surface area contributed by atoms with Gasteiger partial charge in [-0.1, -0.05) is 11.6 Å². The largest absolute Gasteiger partial charge is 0.496 e. The molecule has 9 nitrogen and oxygen atoms in total. The first kappa shape index (κ1) is 17.2. The molecule has 0 unspecified atom stereocenters. The minimum atomic E-state index is -0.869. The number of carbonyl (C=O) groups is 1. The Balaban J connectivity index is 2.41. The molecular weight excluding hydrogens is 342 g/mol. The van der Waals surface area contributed by atoms with Crippen molar-refractivity contribution in [2.45, 2.75) is 0 Å². The van der Waals surface area contributed by atoms with Gasteiger partial charge >= 0.3 is 0 Å². The number of anilines is 1. The average Bonchev–Trinajstić information content (AvgIpc) is 2.54. The molecule has 0 aliphatic heterocycles. The van der Waals surface area contributed by atoms with Gasteiger partial charge in [-0.2, -0.15) is 0 Å². The van der Waals surface area contributed by atoms with E-state index in [-0.39, 0.29) is 22.0 Å². The van der Waals surface area contributed by atoms with E-state index in [9.17, 15) is 25.0 Å². The summed E-state index contributed by atoms with van der Waals surface area (Å²) in [6.07, 6.45) is 0. The van der Waals surface area contributed by atoms with Crippen LogP contribution in [0.1, 0.15) is 10.4 Å². The quantitative estimate of drug-likeness (QED) is 0.650. The van der Waals surface area contributed by atoms with Crippen LogP contribution in [0.15, 0.2) is 36.4 Å². The van der Waals surface area contributed by atoms with Crippen LogP contribution in [0.3, 0.4) is 0 Å². The van der Waals surface area contributed by atoms with Gasteiger partial charge in [0, 0.05) is 11.1 Å². The Labute approximate surface area is 140 Å². The number of nitro benzene ring substituents is 2. The van der Waals surface area contributed by atoms with Crippen LogP contribution < -0.4 is 10.1 Å². The Hall–Kier alpha value is -3.20. The molecule has 0 saturated carbocycles. The predicted molar refractivity (Wildman–Crippen MR) is 85.7 cm³/mol. The minimum Gasteiger partial charge on any atom is -0.496 e. The first-order valence-corrected chi connectivity index (χ1v) is 6.79. The first-order chi connectivity index (χ1) is 11.3. The summed E-state index contributed by atoms with van der Waals surface area (Å²) in [5.41, 5.74) is -1.29. The van der Waals surface area contributed by atoms with E-state index in [2.05, 4.69) is 5.32 Å². The van der Waals surface area contributed by atoms with E-state index in [0.29, 0.717) is 0 Å². The van der Waals surface area contributed by atoms with Gasteiger partial charge in [-0.05, 0) is 24.3 Å². The summed E-state index contributed by atoms with van der Waals surface area (Å²) >= 11 is 5.69. The zero-order valence-corrected chi connectivity index (χ0v) is 12.9. The summed E-state index contributed by atoms with van der Waals surface area (Å²) in [7, 11) is 1.34. The molecule has 0 saturated heterocycles. The standard InChI is InChI=1S/C14H10ClN3O6/c1-24-9-3-5-11(13(7-9)18(22)23)16-14(19)10-4-2-8(15)6-12(10)17(20)21/h2-7H,1H3,(H,16,19). The van der Waals surface area contributed by atoms with Crippen molar-refractivity contribution in [2.24, 2.45) is 0 Å². The lowest BCUT2D eigenvalue weighted by Crippen LogP contribution is -2.15. The third-order valence-electron chi connectivity index (χ3n) is 3.05. The van der Waals surface area contributed by atoms with Crippen LogP contribution in [0.4, 0.5) is 17.1 Å². The molecule has 10 heteroatoms. The lowest BCUT2D eigenvalue weighted by atomic mass is 10.1. The lowest BCUT2D eigenvalue weighted by Gasteiger charge is -2.08. The molecule has 1 N–H and O–H groups in total. The molecule has 0 aliphatic rings. The number of halogens is 1. The third-order valence-corrected chi connectivity index (χ3v) is 3.29. The van der Waals surface area contributed by atoms with E-state index in [1.807, 2.05) is 0 Å². The smallest absolute Gasteiger partial charge is 0.296 e. The zero-order valence-electron chi connectivity index (χ0n) is 12.2. The summed E-state index contributed by atoms with van der Waals surface area (Å²) in [4.78, 5) is 32.9. The average molecular weight is 352 g/mol. The van der Waals surface area contributed by atoms with Crippen molar-refractivity contribution in [3.05, 3.63) is 67.2 Å². The van der Waals surface area contributed by atoms with Crippen molar-refractivity contribution in [3.8, 4) is 5.75 Å². The van der Waals surface area contributed by atoms with Gasteiger partial charge in [0.1, 0.15) is 17.0 Å². The number of nitro groups is 2. The normalized spacial score (nSPS) is 10.1. The van der Waals surface area contributed by atoms with Crippen LogP contribution >= 0.6 is 11.6 Å². The molecule has 2 aromatic rings. The molecule has 2 rings (SSSR count). The Morgan fingerprint density at radius 1 is 1.08 bits per heavy atom. The highest BCUT2D eigenvalue weighted by Crippen LogP contribution is 2.30. The van der Waals surface area contributed by atoms with Crippen LogP contribution in [-0.2, 0) is 0 Å². The number of nitrogens with zero attached hydrogens (tertiary/aromatic N) is 2. The maximum atomic E-state index is 12.3. The van der Waals surface area contributed by atoms with E-state index in [1.54, 1.807) is 0 Å². The Morgan fingerprint density at radius 2 is 1.75 bits per heavy atom. The van der Waals surface area contributed by atoms with Crippen molar-refractivity contribution >= 4 is 34.6 Å². The van der Waals surface area contributed by atoms with Gasteiger partial charge in [0.2, 0.25) is 0 Å². The third kappa shape index (κ3) is 3.58. The fourth-order valence-corrected chi connectivity index (χ4v) is 2.10. The zero-order chi connectivity index (χ0) is 17.9. The topological polar surface area (TPSA) is 125 Å². The van der Waals surface area contributed by atoms with Crippen molar-refractivity contribution in [3.63, 3.8) is 0 Å². The van der Waals surface area contributed by atoms with Gasteiger partial charge in [-0.15, -0.1) is 0 Å². The van der Waals surface area contributed by atoms with Gasteiger partial charge in [0.15, 0.2) is 0 Å². The van der Waals surface area contributed by atoms with Crippen LogP contribution in [0.2, 0.25) is 5.02 Å². The number of rotatable bonds is 5. The fraction of sp³-hybridized carbons (Fsp3) is 0.0714. The van der Waals surface area contributed by atoms with Gasteiger partial charge in [-0.25, -0.2) is 0 Å². The summed E-state index contributed by atoms with van der Waals surface area (Å²) in [6.45, 7) is 0. The van der Waals surface area contributed by atoms with Crippen molar-refractivity contribution in [1.82, 2.24) is 0 Å². The molecule has 2 aromatic carbocycles. The predicted octanol–water partition coefficient (Wildman–Crippen LogP) is 3.42. The summed E-state index contributed by atoms with van der Waals surface area (Å²) < 4.78 is 4.89. The fourth-order valence-electron chi connectivity index (χ4n) is 1.93. The molecule has 0 fully saturated rings. The second-order valence-corrected chi connectivity index (χ2v) is 4.95. The lowest BCUT2D eigenvalue weighted by molar-refractivity contribution is -0.385. The van der Waals surface area contributed by atoms with Crippen LogP contribution in [0.25, 0.3) is 0 Å². The number of benzene rings is 2. The highest BCUT2D eigenvalue weighted by atomic mass is 35.5. The molecule has 0 spiro atoms. The Kier molecular flexibility index (Phi) is 4.95. The number of amides is 1. The molecule has 24 heavy (non-hydrogen) atoms. The second kappa shape index (κ2) is 6.92. The number of carbonyl (C=O) groups excluding carboxylic acids is 1. The van der Waals surface area contributed by atoms with Crippen LogP contribution in [-0.4, -0.2) is 22.9 Å². The molecular formula is C14H10ClN3O6. The summed E-state index contributed by atoms with van der Waals surface area (Å²) in [5.74, 6) is -0.635. The maximum absolute atomic E-state index is 12.3. The number of methoxy groups -OCH3 is 1. The highest BCUT2D eigenvalue weighted by molar-refractivity contribution is 6.31. The van der Waals surface area contributed by atoms with Crippen molar-refractivity contribution in [2.75, 3.05) is 12.4 Å². The molecule has 1 amide bonds. The first-order valence-electron chi connectivity index (χ1n) is 6.41. The van der Waals surface area contributed by atoms with E-state index in [4.69, 9.17) is 16.3 Å². The number of hydrogen-bond acceptors (Lipinski definition) is 6. The summed E-state index contributed by atoms with van der Waals surface area (Å²) in [5, 5.41) is 24.5. The van der Waals surface area contributed by atoms with Crippen molar-refractivity contribution in [1.29, 1.82) is 0 Å². The highest BCUT2D eigenvalue weighted by Gasteiger charge is 2.23. The number of nitrogens with one attached hydrogen (secondary N) is 1. The van der Waals surface area contributed by atoms with E-state index >= 15 is 0 Å². The van der Waals surface area contributed by atoms with E-state index in [0.717, 1.165) is 12.1 Å². The number of ether oxygens (including phenoxy) is 1. The van der Waals surface area contributed by atoms with Gasteiger partial charge in [-0.3, -0.25) is 25.0 Å². The SMILES string of the molecule is COc1ccc(NC(=O)c2ccc(Cl)cc2[N+](=O)[O-])c([N+](=O)[O-])c1. The maximum Gasteiger partial charge on any atom is 0.296 e.